The van der Waals surface area contributed by atoms with Crippen molar-refractivity contribution in [3.63, 3.8) is 0 Å². The van der Waals surface area contributed by atoms with E-state index in [0.29, 0.717) is 6.54 Å². The van der Waals surface area contributed by atoms with Gasteiger partial charge in [-0.25, -0.2) is 4.79 Å². The lowest BCUT2D eigenvalue weighted by Gasteiger charge is -2.14. The molecule has 0 aliphatic heterocycles. The topological polar surface area (TPSA) is 108 Å². The summed E-state index contributed by atoms with van der Waals surface area (Å²) < 4.78 is 10.1. The number of nitrogens with one attached hydrogen (secondary N) is 1. The molecule has 136 valence electrons. The molecule has 0 aromatic heterocycles. The number of non-ortho nitro benzene ring substituents is 1. The highest BCUT2D eigenvalue weighted by Crippen LogP contribution is 2.25. The summed E-state index contributed by atoms with van der Waals surface area (Å²) in [6.45, 7) is 1.71. The fourth-order valence-electron chi connectivity index (χ4n) is 2.18. The highest BCUT2D eigenvalue weighted by atomic mass is 16.6. The van der Waals surface area contributed by atoms with Gasteiger partial charge >= 0.3 is 5.97 Å². The van der Waals surface area contributed by atoms with E-state index in [4.69, 9.17) is 9.47 Å². The second kappa shape index (κ2) is 8.61. The van der Waals surface area contributed by atoms with Crippen LogP contribution in [0.15, 0.2) is 48.5 Å². The fourth-order valence-corrected chi connectivity index (χ4v) is 2.18. The van der Waals surface area contributed by atoms with Gasteiger partial charge in [0.15, 0.2) is 6.10 Å². The van der Waals surface area contributed by atoms with Gasteiger partial charge in [-0.05, 0) is 18.6 Å². The fraction of sp³-hybridized carbons (Fsp3) is 0.222. The average molecular weight is 358 g/mol. The Balaban J connectivity index is 2.02. The number of nitro benzene ring substituents is 1. The Morgan fingerprint density at radius 3 is 2.50 bits per heavy atom. The smallest absolute Gasteiger partial charge is 0.342 e. The van der Waals surface area contributed by atoms with Gasteiger partial charge in [-0.1, -0.05) is 30.3 Å². The first-order chi connectivity index (χ1) is 12.4. The second-order valence-electron chi connectivity index (χ2n) is 5.39. The van der Waals surface area contributed by atoms with Crippen LogP contribution in [0.1, 0.15) is 22.8 Å². The first-order valence-corrected chi connectivity index (χ1v) is 7.77. The van der Waals surface area contributed by atoms with E-state index in [2.05, 4.69) is 5.32 Å². The first-order valence-electron chi connectivity index (χ1n) is 7.77. The molecule has 0 aliphatic rings. The molecule has 2 rings (SSSR count). The minimum absolute atomic E-state index is 0.121. The summed E-state index contributed by atoms with van der Waals surface area (Å²) in [6, 6.07) is 12.8. The Bertz CT molecular complexity index is 807. The number of esters is 1. The summed E-state index contributed by atoms with van der Waals surface area (Å²) in [5.74, 6) is -1.24. The van der Waals surface area contributed by atoms with Gasteiger partial charge in [-0.15, -0.1) is 0 Å². The van der Waals surface area contributed by atoms with Crippen LogP contribution in [-0.2, 0) is 16.1 Å². The van der Waals surface area contributed by atoms with E-state index in [9.17, 15) is 19.7 Å². The molecule has 1 N–H and O–H groups in total. The normalized spacial score (nSPS) is 11.3. The number of ether oxygens (including phenoxy) is 2. The Labute approximate surface area is 149 Å². The Morgan fingerprint density at radius 1 is 1.19 bits per heavy atom. The molecule has 26 heavy (non-hydrogen) atoms. The molecule has 0 saturated carbocycles. The molecule has 0 heterocycles. The average Bonchev–Trinajstić information content (AvgIpc) is 2.66. The van der Waals surface area contributed by atoms with Crippen molar-refractivity contribution >= 4 is 17.6 Å². The zero-order valence-electron chi connectivity index (χ0n) is 14.3. The Kier molecular flexibility index (Phi) is 6.26. The molecular formula is C18H18N2O6. The number of hydrogen-bond donors (Lipinski definition) is 1. The van der Waals surface area contributed by atoms with E-state index >= 15 is 0 Å². The van der Waals surface area contributed by atoms with Gasteiger partial charge in [0, 0.05) is 18.7 Å². The van der Waals surface area contributed by atoms with Crippen molar-refractivity contribution in [2.75, 3.05) is 7.11 Å². The van der Waals surface area contributed by atoms with Gasteiger partial charge < -0.3 is 14.8 Å². The number of nitro groups is 1. The van der Waals surface area contributed by atoms with Gasteiger partial charge in [0.05, 0.1) is 12.0 Å². The van der Waals surface area contributed by atoms with Crippen LogP contribution in [-0.4, -0.2) is 30.0 Å². The maximum absolute atomic E-state index is 12.3. The summed E-state index contributed by atoms with van der Waals surface area (Å²) in [6.07, 6.45) is -1.07. The Morgan fingerprint density at radius 2 is 1.88 bits per heavy atom. The van der Waals surface area contributed by atoms with Crippen LogP contribution in [0.2, 0.25) is 0 Å². The van der Waals surface area contributed by atoms with Gasteiger partial charge in [0.25, 0.3) is 11.6 Å². The number of rotatable bonds is 7. The summed E-state index contributed by atoms with van der Waals surface area (Å²) >= 11 is 0. The molecule has 8 heteroatoms. The minimum atomic E-state index is -1.07. The molecule has 0 unspecified atom stereocenters. The van der Waals surface area contributed by atoms with E-state index in [-0.39, 0.29) is 17.0 Å². The zero-order chi connectivity index (χ0) is 19.1. The predicted octanol–water partition coefficient (Wildman–Crippen LogP) is 2.47. The maximum atomic E-state index is 12.3. The zero-order valence-corrected chi connectivity index (χ0v) is 14.3. The standard InChI is InChI=1S/C18H18N2O6/c1-12(17(21)19-11-13-6-4-3-5-7-13)26-18(22)15-10-14(20(23)24)8-9-16(15)25-2/h3-10,12H,11H2,1-2H3,(H,19,21)/t12-/m0/s1. The molecular weight excluding hydrogens is 340 g/mol. The van der Waals surface area contributed by atoms with Crippen LogP contribution >= 0.6 is 0 Å². The van der Waals surface area contributed by atoms with Gasteiger partial charge in [0.2, 0.25) is 0 Å². The van der Waals surface area contributed by atoms with E-state index in [1.54, 1.807) is 0 Å². The quantitative estimate of drug-likeness (QED) is 0.463. The van der Waals surface area contributed by atoms with Crippen molar-refractivity contribution in [2.45, 2.75) is 19.6 Å². The number of hydrogen-bond acceptors (Lipinski definition) is 6. The van der Waals surface area contributed by atoms with Gasteiger partial charge in [0.1, 0.15) is 11.3 Å². The number of carbonyl (C=O) groups is 2. The number of amides is 1. The molecule has 2 aromatic carbocycles. The van der Waals surface area contributed by atoms with Crippen LogP contribution in [0, 0.1) is 10.1 Å². The van der Waals surface area contributed by atoms with Crippen LogP contribution < -0.4 is 10.1 Å². The van der Waals surface area contributed by atoms with Crippen LogP contribution in [0.5, 0.6) is 5.75 Å². The highest BCUT2D eigenvalue weighted by molar-refractivity contribution is 5.95. The second-order valence-corrected chi connectivity index (χ2v) is 5.39. The lowest BCUT2D eigenvalue weighted by molar-refractivity contribution is -0.384. The van der Waals surface area contributed by atoms with Gasteiger partial charge in [-0.3, -0.25) is 14.9 Å². The third-order valence-corrected chi connectivity index (χ3v) is 3.58. The number of nitrogens with zero attached hydrogens (tertiary/aromatic N) is 1. The molecule has 0 fully saturated rings. The molecule has 0 saturated heterocycles. The van der Waals surface area contributed by atoms with Crippen molar-refractivity contribution < 1.29 is 24.0 Å². The molecule has 1 amide bonds. The van der Waals surface area contributed by atoms with Crippen molar-refractivity contribution in [2.24, 2.45) is 0 Å². The molecule has 0 aliphatic carbocycles. The highest BCUT2D eigenvalue weighted by Gasteiger charge is 2.23. The molecule has 8 nitrogen and oxygen atoms in total. The number of carbonyl (C=O) groups excluding carboxylic acids is 2. The minimum Gasteiger partial charge on any atom is -0.496 e. The summed E-state index contributed by atoms with van der Waals surface area (Å²) in [5.41, 5.74) is 0.503. The maximum Gasteiger partial charge on any atom is 0.342 e. The molecule has 0 bridgehead atoms. The summed E-state index contributed by atoms with van der Waals surface area (Å²) in [7, 11) is 1.33. The SMILES string of the molecule is COc1ccc([N+](=O)[O-])cc1C(=O)O[C@@H](C)C(=O)NCc1ccccc1. The third kappa shape index (κ3) is 4.79. The monoisotopic (exact) mass is 358 g/mol. The van der Waals surface area contributed by atoms with E-state index in [1.165, 1.54) is 26.2 Å². The van der Waals surface area contributed by atoms with E-state index in [0.717, 1.165) is 11.6 Å². The van der Waals surface area contributed by atoms with Crippen molar-refractivity contribution in [1.29, 1.82) is 0 Å². The van der Waals surface area contributed by atoms with Crippen molar-refractivity contribution in [3.05, 3.63) is 69.8 Å². The van der Waals surface area contributed by atoms with E-state index < -0.39 is 22.9 Å². The van der Waals surface area contributed by atoms with Crippen molar-refractivity contribution in [1.82, 2.24) is 5.32 Å². The lowest BCUT2D eigenvalue weighted by Crippen LogP contribution is -2.35. The van der Waals surface area contributed by atoms with Crippen molar-refractivity contribution in [3.8, 4) is 5.75 Å². The molecule has 2 aromatic rings. The first kappa shape index (κ1) is 18.9. The Hall–Kier alpha value is -3.42. The summed E-state index contributed by atoms with van der Waals surface area (Å²) in [5, 5.41) is 13.5. The number of benzene rings is 2. The summed E-state index contributed by atoms with van der Waals surface area (Å²) in [4.78, 5) is 34.6. The van der Waals surface area contributed by atoms with Crippen LogP contribution in [0.4, 0.5) is 5.69 Å². The van der Waals surface area contributed by atoms with E-state index in [1.807, 2.05) is 30.3 Å². The predicted molar refractivity (Wildman–Crippen MR) is 92.8 cm³/mol. The van der Waals surface area contributed by atoms with Crippen LogP contribution in [0.3, 0.4) is 0 Å². The molecule has 1 atom stereocenters. The molecule has 0 spiro atoms. The van der Waals surface area contributed by atoms with Gasteiger partial charge in [-0.2, -0.15) is 0 Å². The number of methoxy groups -OCH3 is 1. The lowest BCUT2D eigenvalue weighted by atomic mass is 10.1. The van der Waals surface area contributed by atoms with Crippen LogP contribution in [0.25, 0.3) is 0 Å². The third-order valence-electron chi connectivity index (χ3n) is 3.58. The largest absolute Gasteiger partial charge is 0.496 e. The molecule has 0 radical (unpaired) electrons.